The average molecular weight is 795 g/mol. The van der Waals surface area contributed by atoms with Crippen LogP contribution in [0.25, 0.3) is 0 Å². The molecule has 0 atom stereocenters. The Labute approximate surface area is 317 Å². The monoisotopic (exact) mass is 790 g/mol. The summed E-state index contributed by atoms with van der Waals surface area (Å²) in [6, 6.07) is 12.8. The molecule has 0 bridgehead atoms. The molecule has 1 radical (unpaired) electrons. The van der Waals surface area contributed by atoms with Crippen LogP contribution in [0.4, 0.5) is 11.4 Å². The number of halogens is 4. The first-order valence-electron chi connectivity index (χ1n) is 14.3. The van der Waals surface area contributed by atoms with Gasteiger partial charge in [-0.25, -0.2) is 4.98 Å². The molecule has 0 saturated carbocycles. The van der Waals surface area contributed by atoms with E-state index in [9.17, 15) is 0 Å². The number of hydrogen-bond donors (Lipinski definition) is 0. The van der Waals surface area contributed by atoms with E-state index in [2.05, 4.69) is 93.5 Å². The SMILES string of the molecule is CC(=Nc1c(C(C)C)cc(C)cc1C(C)C)c1cc(Cl)cc(C(C)=Nc2c(C(C)C)cc(C)cc2C(C)C)n1.[Cl-].[Cl-].[Cl-].[Nd+3]. The van der Waals surface area contributed by atoms with E-state index in [1.807, 2.05) is 26.0 Å². The molecule has 8 heteroatoms. The van der Waals surface area contributed by atoms with Crippen LogP contribution < -0.4 is 37.2 Å². The van der Waals surface area contributed by atoms with E-state index in [1.165, 1.54) is 33.4 Å². The summed E-state index contributed by atoms with van der Waals surface area (Å²) < 4.78 is 0. The minimum atomic E-state index is 0. The average Bonchev–Trinajstić information content (AvgIpc) is 2.84. The van der Waals surface area contributed by atoms with E-state index >= 15 is 0 Å². The third kappa shape index (κ3) is 11.3. The Morgan fingerprint density at radius 2 is 0.814 bits per heavy atom. The largest absolute Gasteiger partial charge is 3.00 e. The van der Waals surface area contributed by atoms with Gasteiger partial charge in [0.1, 0.15) is 0 Å². The molecule has 43 heavy (non-hydrogen) atoms. The van der Waals surface area contributed by atoms with Crippen LogP contribution in [0.3, 0.4) is 0 Å². The molecule has 0 aliphatic heterocycles. The fourth-order valence-electron chi connectivity index (χ4n) is 5.01. The van der Waals surface area contributed by atoms with Crippen LogP contribution in [0.5, 0.6) is 0 Å². The number of aliphatic imine (C=N–C) groups is 2. The van der Waals surface area contributed by atoms with Gasteiger partial charge in [-0.1, -0.05) is 102 Å². The molecule has 1 aromatic heterocycles. The number of aromatic nitrogens is 1. The van der Waals surface area contributed by atoms with Crippen molar-refractivity contribution in [3.05, 3.63) is 86.2 Å². The van der Waals surface area contributed by atoms with Gasteiger partial charge < -0.3 is 37.2 Å². The van der Waals surface area contributed by atoms with Crippen LogP contribution >= 0.6 is 11.6 Å². The minimum Gasteiger partial charge on any atom is -1.00 e. The second-order valence-electron chi connectivity index (χ2n) is 12.2. The van der Waals surface area contributed by atoms with Gasteiger partial charge in [-0.05, 0) is 85.8 Å². The third-order valence-electron chi connectivity index (χ3n) is 7.20. The molecular weight excluding hydrogens is 748 g/mol. The molecule has 233 valence electrons. The fraction of sp³-hybridized carbons (Fsp3) is 0.457. The molecule has 3 nitrogen and oxygen atoms in total. The van der Waals surface area contributed by atoms with Gasteiger partial charge in [-0.15, -0.1) is 0 Å². The fourth-order valence-corrected chi connectivity index (χ4v) is 5.21. The molecule has 0 aliphatic carbocycles. The summed E-state index contributed by atoms with van der Waals surface area (Å²) in [5.74, 6) is 1.47. The Bertz CT molecular complexity index is 1260. The molecule has 1 heterocycles. The van der Waals surface area contributed by atoms with Gasteiger partial charge in [0.2, 0.25) is 0 Å². The van der Waals surface area contributed by atoms with Crippen molar-refractivity contribution in [2.75, 3.05) is 0 Å². The first-order chi connectivity index (χ1) is 18.2. The molecule has 0 unspecified atom stereocenters. The van der Waals surface area contributed by atoms with Gasteiger partial charge in [0.05, 0.1) is 34.2 Å². The number of pyridine rings is 1. The third-order valence-corrected chi connectivity index (χ3v) is 7.42. The summed E-state index contributed by atoms with van der Waals surface area (Å²) in [5, 5.41) is 0.633. The van der Waals surface area contributed by atoms with Crippen molar-refractivity contribution < 1.29 is 78.1 Å². The van der Waals surface area contributed by atoms with Gasteiger partial charge in [0, 0.05) is 5.02 Å². The zero-order valence-corrected chi connectivity index (χ0v) is 33.9. The number of aryl methyl sites for hydroxylation is 2. The van der Waals surface area contributed by atoms with Crippen LogP contribution in [0.15, 0.2) is 46.4 Å². The Kier molecular flexibility index (Phi) is 19.9. The second kappa shape index (κ2) is 19.2. The summed E-state index contributed by atoms with van der Waals surface area (Å²) in [5.41, 5.74) is 12.9. The van der Waals surface area contributed by atoms with Crippen molar-refractivity contribution in [2.24, 2.45) is 9.98 Å². The predicted molar refractivity (Wildman–Crippen MR) is 172 cm³/mol. The summed E-state index contributed by atoms with van der Waals surface area (Å²) >= 11 is 6.66. The first-order valence-corrected chi connectivity index (χ1v) is 14.6. The zero-order chi connectivity index (χ0) is 29.2. The molecule has 2 aromatic carbocycles. The Hall–Kier alpha value is -0.559. The van der Waals surface area contributed by atoms with E-state index in [0.29, 0.717) is 28.7 Å². The molecule has 0 aliphatic rings. The Morgan fingerprint density at radius 1 is 0.558 bits per heavy atom. The molecule has 0 N–H and O–H groups in total. The number of rotatable bonds is 8. The molecule has 0 spiro atoms. The van der Waals surface area contributed by atoms with Crippen LogP contribution in [0.1, 0.15) is 138 Å². The predicted octanol–water partition coefficient (Wildman–Crippen LogP) is 2.14. The Balaban J connectivity index is 0. The number of benzene rings is 2. The summed E-state index contributed by atoms with van der Waals surface area (Å²) in [6.45, 7) is 26.2. The molecular formula is C35H46Cl4N3Nd. The minimum absolute atomic E-state index is 0. The van der Waals surface area contributed by atoms with E-state index in [1.54, 1.807) is 0 Å². The van der Waals surface area contributed by atoms with Gasteiger partial charge in [-0.2, -0.15) is 0 Å². The quantitative estimate of drug-likeness (QED) is 0.323. The number of hydrogen-bond acceptors (Lipinski definition) is 3. The molecule has 0 amide bonds. The van der Waals surface area contributed by atoms with Crippen molar-refractivity contribution in [3.63, 3.8) is 0 Å². The first kappa shape index (κ1) is 44.6. The normalized spacial score (nSPS) is 11.7. The summed E-state index contributed by atoms with van der Waals surface area (Å²) in [4.78, 5) is 15.4. The van der Waals surface area contributed by atoms with Crippen molar-refractivity contribution in [1.29, 1.82) is 0 Å². The Morgan fingerprint density at radius 3 is 1.05 bits per heavy atom. The summed E-state index contributed by atoms with van der Waals surface area (Å²) in [6.07, 6.45) is 0. The number of nitrogens with zero attached hydrogens (tertiary/aromatic N) is 3. The van der Waals surface area contributed by atoms with Gasteiger partial charge in [0.25, 0.3) is 0 Å². The smallest absolute Gasteiger partial charge is 1.00 e. The van der Waals surface area contributed by atoms with Crippen molar-refractivity contribution >= 4 is 34.4 Å². The molecule has 0 fully saturated rings. The maximum atomic E-state index is 6.66. The van der Waals surface area contributed by atoms with Crippen LogP contribution in [0.2, 0.25) is 5.02 Å². The van der Waals surface area contributed by atoms with Crippen molar-refractivity contribution in [1.82, 2.24) is 4.98 Å². The maximum absolute atomic E-state index is 6.66. The maximum Gasteiger partial charge on any atom is 3.00 e. The van der Waals surface area contributed by atoms with Gasteiger partial charge in [0.15, 0.2) is 0 Å². The van der Waals surface area contributed by atoms with Crippen molar-refractivity contribution in [3.8, 4) is 0 Å². The van der Waals surface area contributed by atoms with E-state index in [-0.39, 0.29) is 78.1 Å². The molecule has 3 aromatic rings. The molecule has 0 saturated heterocycles. The van der Waals surface area contributed by atoms with Crippen LogP contribution in [0, 0.1) is 54.7 Å². The summed E-state index contributed by atoms with van der Waals surface area (Å²) in [7, 11) is 0. The second-order valence-corrected chi connectivity index (χ2v) is 12.6. The van der Waals surface area contributed by atoms with E-state index in [4.69, 9.17) is 26.6 Å². The van der Waals surface area contributed by atoms with E-state index in [0.717, 1.165) is 34.2 Å². The van der Waals surface area contributed by atoms with Crippen molar-refractivity contribution in [2.45, 2.75) is 107 Å². The standard InChI is InChI=1S/C35H46ClN3.3ClH.Nd/c1-19(2)28-13-23(9)14-29(20(3)4)34(28)37-25(11)32-17-27(36)18-33(39-32)26(12)38-35-30(21(5)6)15-24(10)16-31(35)22(7)8;;;;/h13-22H,1-12H3;3*1H;/q;;;;+3/p-3. The topological polar surface area (TPSA) is 37.6 Å². The zero-order valence-electron chi connectivity index (χ0n) is 27.6. The van der Waals surface area contributed by atoms with E-state index < -0.39 is 0 Å². The van der Waals surface area contributed by atoms with Gasteiger partial charge >= 0.3 is 40.8 Å². The van der Waals surface area contributed by atoms with Crippen LogP contribution in [-0.4, -0.2) is 16.4 Å². The van der Waals surface area contributed by atoms with Gasteiger partial charge in [-0.3, -0.25) is 9.98 Å². The van der Waals surface area contributed by atoms with Crippen LogP contribution in [-0.2, 0) is 0 Å². The molecule has 3 rings (SSSR count).